The fourth-order valence-electron chi connectivity index (χ4n) is 5.80. The van der Waals surface area contributed by atoms with E-state index in [0.717, 1.165) is 68.0 Å². The summed E-state index contributed by atoms with van der Waals surface area (Å²) in [5.74, 6) is 0.0953. The smallest absolute Gasteiger partial charge is 0.298 e. The lowest BCUT2D eigenvalue weighted by molar-refractivity contribution is -0.112. The maximum absolute atomic E-state index is 13.5. The second kappa shape index (κ2) is 11.5. The Kier molecular flexibility index (Phi) is 7.51. The highest BCUT2D eigenvalue weighted by Crippen LogP contribution is 2.32. The summed E-state index contributed by atoms with van der Waals surface area (Å²) in [4.78, 5) is 35.9. The van der Waals surface area contributed by atoms with Crippen molar-refractivity contribution in [3.05, 3.63) is 89.9 Å². The molecular formula is C32H35N5O3. The minimum absolute atomic E-state index is 0.200. The van der Waals surface area contributed by atoms with E-state index in [1.54, 1.807) is 0 Å². The maximum Gasteiger partial charge on any atom is 0.298 e. The number of anilines is 3. The van der Waals surface area contributed by atoms with E-state index in [4.69, 9.17) is 4.74 Å². The minimum atomic E-state index is -0.625. The molecule has 5 heterocycles. The normalized spacial score (nSPS) is 16.3. The number of hydrogen-bond donors (Lipinski definition) is 1. The Morgan fingerprint density at radius 2 is 1.70 bits per heavy atom. The van der Waals surface area contributed by atoms with E-state index in [1.807, 2.05) is 65.3 Å². The molecule has 2 fully saturated rings. The number of ketones is 1. The molecule has 1 aromatic carbocycles. The second-order valence-corrected chi connectivity index (χ2v) is 10.5. The number of fused-ring (bicyclic) bond motifs is 1. The molecule has 0 bridgehead atoms. The zero-order chi connectivity index (χ0) is 27.5. The van der Waals surface area contributed by atoms with Crippen molar-refractivity contribution in [3.8, 4) is 0 Å². The van der Waals surface area contributed by atoms with Gasteiger partial charge in [-0.1, -0.05) is 13.0 Å². The van der Waals surface area contributed by atoms with Crippen molar-refractivity contribution in [1.82, 2.24) is 9.38 Å². The van der Waals surface area contributed by atoms with Gasteiger partial charge in [-0.25, -0.2) is 4.98 Å². The lowest BCUT2D eigenvalue weighted by Gasteiger charge is -2.37. The molecule has 0 unspecified atom stereocenters. The molecule has 6 rings (SSSR count). The largest absolute Gasteiger partial charge is 0.381 e. The van der Waals surface area contributed by atoms with Gasteiger partial charge in [-0.2, -0.15) is 0 Å². The lowest BCUT2D eigenvalue weighted by atomic mass is 9.90. The molecular weight excluding hydrogens is 502 g/mol. The monoisotopic (exact) mass is 537 g/mol. The van der Waals surface area contributed by atoms with Gasteiger partial charge in [0.25, 0.3) is 11.7 Å². The molecule has 40 heavy (non-hydrogen) atoms. The number of benzene rings is 1. The summed E-state index contributed by atoms with van der Waals surface area (Å²) in [6, 6.07) is 19.8. The van der Waals surface area contributed by atoms with Gasteiger partial charge in [0, 0.05) is 68.7 Å². The van der Waals surface area contributed by atoms with Gasteiger partial charge in [-0.05, 0) is 90.9 Å². The second-order valence-electron chi connectivity index (χ2n) is 10.5. The zero-order valence-electron chi connectivity index (χ0n) is 22.9. The molecule has 2 aliphatic heterocycles. The number of ether oxygens (including phenoxy) is 1. The third kappa shape index (κ3) is 5.31. The molecule has 2 saturated heterocycles. The van der Waals surface area contributed by atoms with Gasteiger partial charge >= 0.3 is 0 Å². The van der Waals surface area contributed by atoms with Crippen LogP contribution in [0.25, 0.3) is 5.52 Å². The molecule has 0 spiro atoms. The van der Waals surface area contributed by atoms with Gasteiger partial charge in [0.15, 0.2) is 0 Å². The van der Waals surface area contributed by atoms with Crippen molar-refractivity contribution >= 4 is 34.4 Å². The van der Waals surface area contributed by atoms with E-state index < -0.39 is 11.7 Å². The van der Waals surface area contributed by atoms with Crippen molar-refractivity contribution in [2.75, 3.05) is 54.5 Å². The number of pyridine rings is 2. The molecule has 8 heteroatoms. The summed E-state index contributed by atoms with van der Waals surface area (Å²) >= 11 is 0. The topological polar surface area (TPSA) is 79.2 Å². The molecule has 1 amide bonds. The standard InChI is InChI=1S/C32H35N5O3/c1-2-23-10-13-33-29(21-23)36-17-15-35(16-18-36)26-8-6-25(7-9-26)34-32(39)31(38)30-28(24-11-19-40-20-12-24)22-27-5-3-4-14-37(27)30/h3-10,13-14,21-22,24H,2,11-12,15-20H2,1H3,(H,34,39). The van der Waals surface area contributed by atoms with E-state index in [0.29, 0.717) is 24.6 Å². The first kappa shape index (κ1) is 26.1. The number of rotatable bonds is 7. The van der Waals surface area contributed by atoms with Crippen LogP contribution in [0.4, 0.5) is 17.2 Å². The van der Waals surface area contributed by atoms with Crippen LogP contribution < -0.4 is 15.1 Å². The van der Waals surface area contributed by atoms with Crippen LogP contribution in [0.2, 0.25) is 0 Å². The fourth-order valence-corrected chi connectivity index (χ4v) is 5.80. The number of aromatic nitrogens is 2. The molecule has 0 atom stereocenters. The molecule has 1 N–H and O–H groups in total. The van der Waals surface area contributed by atoms with Crippen molar-refractivity contribution in [2.24, 2.45) is 0 Å². The molecule has 0 radical (unpaired) electrons. The lowest BCUT2D eigenvalue weighted by Crippen LogP contribution is -2.46. The predicted octanol–water partition coefficient (Wildman–Crippen LogP) is 4.94. The van der Waals surface area contributed by atoms with Crippen LogP contribution in [0.3, 0.4) is 0 Å². The van der Waals surface area contributed by atoms with Crippen LogP contribution >= 0.6 is 0 Å². The molecule has 0 aliphatic carbocycles. The molecule has 206 valence electrons. The number of Topliss-reactive ketones (excluding diaryl/α,β-unsaturated/α-hetero) is 1. The van der Waals surface area contributed by atoms with Gasteiger partial charge in [0.1, 0.15) is 11.5 Å². The van der Waals surface area contributed by atoms with Crippen molar-refractivity contribution in [3.63, 3.8) is 0 Å². The minimum Gasteiger partial charge on any atom is -0.381 e. The van der Waals surface area contributed by atoms with Crippen LogP contribution in [0, 0.1) is 0 Å². The number of hydrogen-bond acceptors (Lipinski definition) is 6. The summed E-state index contributed by atoms with van der Waals surface area (Å²) in [5, 5.41) is 2.83. The SMILES string of the molecule is CCc1ccnc(N2CCN(c3ccc(NC(=O)C(=O)c4c(C5CCOCC5)cc5ccccn45)cc3)CC2)c1. The number of piperazine rings is 1. The van der Waals surface area contributed by atoms with Crippen LogP contribution in [0.1, 0.15) is 47.3 Å². The molecule has 3 aromatic heterocycles. The number of amides is 1. The number of nitrogens with one attached hydrogen (secondary N) is 1. The van der Waals surface area contributed by atoms with Gasteiger partial charge in [0.05, 0.1) is 0 Å². The van der Waals surface area contributed by atoms with Gasteiger partial charge in [0.2, 0.25) is 0 Å². The summed E-state index contributed by atoms with van der Waals surface area (Å²) in [6.07, 6.45) is 6.43. The Morgan fingerprint density at radius 1 is 0.950 bits per heavy atom. The highest BCUT2D eigenvalue weighted by atomic mass is 16.5. The van der Waals surface area contributed by atoms with Crippen molar-refractivity contribution in [1.29, 1.82) is 0 Å². The summed E-state index contributed by atoms with van der Waals surface area (Å²) in [6.45, 7) is 7.06. The third-order valence-corrected chi connectivity index (χ3v) is 8.10. The summed E-state index contributed by atoms with van der Waals surface area (Å²) in [5.41, 5.74) is 5.30. The van der Waals surface area contributed by atoms with E-state index >= 15 is 0 Å². The first-order valence-electron chi connectivity index (χ1n) is 14.2. The Balaban J connectivity index is 1.12. The van der Waals surface area contributed by atoms with E-state index in [9.17, 15) is 9.59 Å². The van der Waals surface area contributed by atoms with Crippen LogP contribution in [-0.4, -0.2) is 60.5 Å². The van der Waals surface area contributed by atoms with Gasteiger partial charge in [-0.15, -0.1) is 0 Å². The van der Waals surface area contributed by atoms with Crippen molar-refractivity contribution in [2.45, 2.75) is 32.1 Å². The summed E-state index contributed by atoms with van der Waals surface area (Å²) in [7, 11) is 0. The summed E-state index contributed by atoms with van der Waals surface area (Å²) < 4.78 is 7.37. The Bertz CT molecular complexity index is 1500. The Morgan fingerprint density at radius 3 is 2.45 bits per heavy atom. The quantitative estimate of drug-likeness (QED) is 0.266. The molecule has 2 aliphatic rings. The van der Waals surface area contributed by atoms with Crippen LogP contribution in [0.15, 0.2) is 73.1 Å². The average molecular weight is 538 g/mol. The maximum atomic E-state index is 13.5. The van der Waals surface area contributed by atoms with E-state index in [-0.39, 0.29) is 5.92 Å². The van der Waals surface area contributed by atoms with E-state index in [2.05, 4.69) is 39.2 Å². The third-order valence-electron chi connectivity index (χ3n) is 8.10. The highest BCUT2D eigenvalue weighted by molar-refractivity contribution is 6.46. The van der Waals surface area contributed by atoms with Gasteiger partial charge in [-0.3, -0.25) is 9.59 Å². The highest BCUT2D eigenvalue weighted by Gasteiger charge is 2.29. The number of carbonyl (C=O) groups is 2. The Labute approximate surface area is 234 Å². The molecule has 8 nitrogen and oxygen atoms in total. The first-order valence-corrected chi connectivity index (χ1v) is 14.2. The van der Waals surface area contributed by atoms with E-state index in [1.165, 1.54) is 5.56 Å². The first-order chi connectivity index (χ1) is 19.6. The van der Waals surface area contributed by atoms with Crippen LogP contribution in [0.5, 0.6) is 0 Å². The van der Waals surface area contributed by atoms with Crippen LogP contribution in [-0.2, 0) is 16.0 Å². The number of nitrogens with zero attached hydrogens (tertiary/aromatic N) is 4. The molecule has 4 aromatic rings. The van der Waals surface area contributed by atoms with Crippen molar-refractivity contribution < 1.29 is 14.3 Å². The molecule has 0 saturated carbocycles. The number of carbonyl (C=O) groups excluding carboxylic acids is 2. The average Bonchev–Trinajstić information content (AvgIpc) is 3.41. The number of aryl methyl sites for hydroxylation is 1. The zero-order valence-corrected chi connectivity index (χ0v) is 22.9. The predicted molar refractivity (Wildman–Crippen MR) is 158 cm³/mol. The fraction of sp³-hybridized carbons (Fsp3) is 0.344. The van der Waals surface area contributed by atoms with Gasteiger partial charge < -0.3 is 24.3 Å². The Hall–Kier alpha value is -4.17.